The fraction of sp³-hybridized carbons (Fsp3) is 0.769. The zero-order valence-corrected chi connectivity index (χ0v) is 16.0. The molecule has 4 nitrogen and oxygen atoms in total. The summed E-state index contributed by atoms with van der Waals surface area (Å²) in [6.45, 7) is -26.0. The van der Waals surface area contributed by atoms with Gasteiger partial charge in [0, 0.05) is 45.2 Å². The third kappa shape index (κ3) is 20.7. The van der Waals surface area contributed by atoms with Crippen molar-refractivity contribution in [2.24, 2.45) is 0 Å². The van der Waals surface area contributed by atoms with Gasteiger partial charge in [0.15, 0.2) is 0 Å². The number of quaternary nitrogens is 1. The topological polar surface area (TPSA) is 57.2 Å². The molecule has 5 heteroatoms. The smallest absolute Gasteiger partial charge is 0.124 e. The van der Waals surface area contributed by atoms with Gasteiger partial charge in [0.1, 0.15) is 10.1 Å². The monoisotopic (exact) mass is 504 g/mol. The molecule has 1 unspecified atom stereocenters. The summed E-state index contributed by atoms with van der Waals surface area (Å²) in [5, 5.41) is 0. The normalized spacial score (nSPS) is 44.2. The summed E-state index contributed by atoms with van der Waals surface area (Å²) in [6.07, 6.45) is -70.3. The molecule has 1 aromatic carbocycles. The molecule has 0 saturated carbocycles. The van der Waals surface area contributed by atoms with E-state index >= 15 is 0 Å². The maximum absolute atomic E-state index is 10.8. The molecule has 0 spiro atoms. The SMILES string of the molecule is [2H]C(C([2H])([2H])C([2H])([2H])C([2H])([2H])C([2H])([2H])C([2H])([2H])C([2H])([2H])C([2H])([2H])C([2H])([2H])C([2H])([2H])C([2H])([2H])C([2H])([2H])C([2H])([2H])C([2H])([2H])C([2H])([2H])[2H])C([2H])([2H])[N+](C([2H])([2H])[2H])(C([2H])([2H])[2H])C([2H])([2H])[2H].[2H]c1c([2H])c(S(=O)(=O)[O-])c([2H])c([2H])c1C([2H])([2H])[2H]. The Morgan fingerprint density at radius 3 is 1.74 bits per heavy atom. The molecule has 1 rings (SSSR count). The Balaban J connectivity index is 0.00000283. The first-order valence-corrected chi connectivity index (χ1v) is 8.58. The molecule has 0 heterocycles. The van der Waals surface area contributed by atoms with E-state index < -0.39 is 180 Å². The van der Waals surface area contributed by atoms with Gasteiger partial charge < -0.3 is 9.04 Å². The van der Waals surface area contributed by atoms with E-state index in [1.807, 2.05) is 0 Å². The van der Waals surface area contributed by atoms with Crippen LogP contribution in [0.3, 0.4) is 0 Å². The van der Waals surface area contributed by atoms with Crippen LogP contribution in [-0.2, 0) is 10.1 Å². The Kier molecular flexibility index (Phi) is 2.44. The van der Waals surface area contributed by atoms with Crippen molar-refractivity contribution >= 4 is 10.1 Å². The molecule has 0 N–H and O–H groups in total. The van der Waals surface area contributed by atoms with Crippen LogP contribution in [0.1, 0.15) is 167 Å². The minimum atomic E-state index is -5.31. The van der Waals surface area contributed by atoms with Crippen molar-refractivity contribution in [1.29, 1.82) is 0 Å². The Labute approximate surface area is 261 Å². The summed E-state index contributed by atoms with van der Waals surface area (Å²) < 4.78 is 407. The minimum absolute atomic E-state index is 0.912. The lowest BCUT2D eigenvalue weighted by Gasteiger charge is -2.23. The molecule has 0 amide bonds. The maximum Gasteiger partial charge on any atom is 0.124 e. The average Bonchev–Trinajstić information content (AvgIpc) is 3.15. The Bertz CT molecular complexity index is 2430. The molecule has 0 aliphatic heterocycles. The molecular weight excluding hydrogens is 406 g/mol. The molecule has 0 aliphatic rings. The van der Waals surface area contributed by atoms with E-state index in [4.69, 9.17) is 65.8 Å². The van der Waals surface area contributed by atoms with Gasteiger partial charge in [-0.1, -0.05) is 101 Å². The largest absolute Gasteiger partial charge is 0.744 e. The number of rotatable bonds is 16. The highest BCUT2D eigenvalue weighted by Gasteiger charge is 2.05. The molecule has 0 aliphatic carbocycles. The Morgan fingerprint density at radius 1 is 0.839 bits per heavy atom. The van der Waals surface area contributed by atoms with E-state index in [-0.39, 0.29) is 0 Å². The van der Waals surface area contributed by atoms with E-state index in [2.05, 4.69) is 0 Å². The summed E-state index contributed by atoms with van der Waals surface area (Å²) in [4.78, 5) is -1.34. The number of hydrogen-bond donors (Lipinski definition) is 0. The first-order chi connectivity index (χ1) is 33.3. The number of hydrogen-bond acceptors (Lipinski definition) is 3. The van der Waals surface area contributed by atoms with Crippen molar-refractivity contribution in [3.8, 4) is 0 Å². The van der Waals surface area contributed by atoms with E-state index in [9.17, 15) is 13.0 Å². The lowest BCUT2D eigenvalue weighted by molar-refractivity contribution is -0.870. The Hall–Kier alpha value is -0.910. The second-order valence-corrected chi connectivity index (χ2v) is 5.56. The van der Waals surface area contributed by atoms with E-state index in [1.165, 1.54) is 0 Å². The zero-order valence-electron chi connectivity index (χ0n) is 63.2. The van der Waals surface area contributed by atoms with Gasteiger partial charge in [0.05, 0.1) is 52.9 Å². The molecule has 31 heavy (non-hydrogen) atoms. The molecule has 0 radical (unpaired) electrons. The van der Waals surface area contributed by atoms with Crippen molar-refractivity contribution < 1.29 is 83.2 Å². The van der Waals surface area contributed by atoms with Crippen LogP contribution in [0.4, 0.5) is 0 Å². The van der Waals surface area contributed by atoms with Crippen LogP contribution >= 0.6 is 0 Å². The van der Waals surface area contributed by atoms with Crippen LogP contribution in [0.2, 0.25) is 0 Å². The second kappa shape index (κ2) is 17.6. The van der Waals surface area contributed by atoms with Gasteiger partial charge in [-0.2, -0.15) is 0 Å². The van der Waals surface area contributed by atoms with Gasteiger partial charge in [-0.05, 0) is 31.7 Å². The van der Waals surface area contributed by atoms with Crippen LogP contribution in [0, 0.1) is 6.85 Å². The third-order valence-electron chi connectivity index (χ3n) is 1.94. The second-order valence-electron chi connectivity index (χ2n) is 4.25. The zero-order chi connectivity index (χ0) is 65.5. The molecule has 1 atom stereocenters. The van der Waals surface area contributed by atoms with Crippen molar-refractivity contribution in [3.05, 3.63) is 29.7 Å². The minimum Gasteiger partial charge on any atom is -0.744 e. The molecular formula is C26H49NO3S. The predicted octanol–water partition coefficient (Wildman–Crippen LogP) is 7.07. The van der Waals surface area contributed by atoms with Gasteiger partial charge in [-0.3, -0.25) is 0 Å². The number of benzene rings is 1. The summed E-state index contributed by atoms with van der Waals surface area (Å²) in [6, 6.07) is -4.44. The highest BCUT2D eigenvalue weighted by molar-refractivity contribution is 7.85. The van der Waals surface area contributed by atoms with E-state index in [0.29, 0.717) is 0 Å². The molecule has 0 bridgehead atoms. The first-order valence-electron chi connectivity index (χ1n) is 31.3. The number of nitrogens with zero attached hydrogens (tertiary/aromatic N) is 1. The molecule has 0 fully saturated rings. The van der Waals surface area contributed by atoms with E-state index in [0.717, 1.165) is 0 Å². The van der Waals surface area contributed by atoms with Crippen molar-refractivity contribution in [2.75, 3.05) is 27.4 Å². The molecule has 1 aromatic rings. The van der Waals surface area contributed by atoms with Crippen LogP contribution < -0.4 is 0 Å². The third-order valence-corrected chi connectivity index (χ3v) is 2.65. The summed E-state index contributed by atoms with van der Waals surface area (Å²) in [5.74, 6) is 0. The van der Waals surface area contributed by atoms with Crippen LogP contribution in [0.5, 0.6) is 0 Å². The van der Waals surface area contributed by atoms with Gasteiger partial charge in [0.2, 0.25) is 0 Å². The quantitative estimate of drug-likeness (QED) is 0.179. The summed E-state index contributed by atoms with van der Waals surface area (Å²) in [7, 11) is -5.22. The van der Waals surface area contributed by atoms with Gasteiger partial charge in [-0.25, -0.2) is 8.42 Å². The van der Waals surface area contributed by atoms with Crippen molar-refractivity contribution in [1.82, 2.24) is 0 Å². The lowest BCUT2D eigenvalue weighted by Crippen LogP contribution is -2.35. The first kappa shape index (κ1) is 4.28. The maximum atomic E-state index is 10.8. The highest BCUT2D eigenvalue weighted by Crippen LogP contribution is 2.13. The van der Waals surface area contributed by atoms with E-state index in [1.54, 1.807) is 0 Å². The fourth-order valence-electron chi connectivity index (χ4n) is 0.940. The van der Waals surface area contributed by atoms with Gasteiger partial charge >= 0.3 is 0 Å². The fourth-order valence-corrected chi connectivity index (χ4v) is 1.29. The predicted molar refractivity (Wildman–Crippen MR) is 132 cm³/mol. The van der Waals surface area contributed by atoms with Gasteiger partial charge in [-0.15, -0.1) is 0 Å². The molecule has 0 aromatic heterocycles. The van der Waals surface area contributed by atoms with Crippen molar-refractivity contribution in [2.45, 2.75) is 108 Å². The van der Waals surface area contributed by atoms with Gasteiger partial charge in [0.25, 0.3) is 0 Å². The summed E-state index contributed by atoms with van der Waals surface area (Å²) >= 11 is 0. The summed E-state index contributed by atoms with van der Waals surface area (Å²) in [5.41, 5.74) is -0.912. The van der Waals surface area contributed by atoms with Crippen LogP contribution in [0.25, 0.3) is 0 Å². The highest BCUT2D eigenvalue weighted by atomic mass is 32.2. The molecule has 182 valence electrons. The Morgan fingerprint density at radius 2 is 1.32 bits per heavy atom. The standard InChI is InChI=1S/C19H42N.C7H8O3S/c1-5-6-7-8-9-10-11-12-13-14-15-16-17-18-19-20(2,3)4;1-6-2-4-7(5-3-6)11(8,9)10/h5-19H2,1-4H3;2-5H,1H3,(H,8,9,10)/q+1;/p-1/i1D3,2D3,3D3,4D3,5D2,6D2,7D2,8D2,9D2,10D2,11D2,12D2,13D2,14D2,15D2,16D2,17D2,18D,19D2;1D3,2D,3D,4D,5D. The molecule has 0 saturated heterocycles. The van der Waals surface area contributed by atoms with Crippen LogP contribution in [-0.4, -0.2) is 44.9 Å². The van der Waals surface area contributed by atoms with Crippen molar-refractivity contribution in [3.63, 3.8) is 0 Å². The van der Waals surface area contributed by atoms with Crippen LogP contribution in [0.15, 0.2) is 29.1 Å². The average molecular weight is 504 g/mol. The lowest BCUT2D eigenvalue weighted by atomic mass is 10.0.